The van der Waals surface area contributed by atoms with Gasteiger partial charge in [-0.3, -0.25) is 19.0 Å². The number of amides is 1. The number of carbonyl (C=O) groups excluding carboxylic acids is 1. The van der Waals surface area contributed by atoms with Gasteiger partial charge in [0.05, 0.1) is 12.1 Å². The Kier molecular flexibility index (Phi) is 2.85. The fraction of sp³-hybridized carbons (Fsp3) is 0.636. The Hall–Kier alpha value is -1.52. The molecule has 2 heterocycles. The van der Waals surface area contributed by atoms with Gasteiger partial charge in [-0.2, -0.15) is 0 Å². The van der Waals surface area contributed by atoms with Gasteiger partial charge in [0, 0.05) is 25.7 Å². The summed E-state index contributed by atoms with van der Waals surface area (Å²) in [6.07, 6.45) is 2.18. The first-order chi connectivity index (χ1) is 7.61. The van der Waals surface area contributed by atoms with Gasteiger partial charge in [0.2, 0.25) is 5.91 Å². The molecule has 0 radical (unpaired) electrons. The van der Waals surface area contributed by atoms with Crippen LogP contribution in [0.2, 0.25) is 0 Å². The van der Waals surface area contributed by atoms with Crippen molar-refractivity contribution in [2.45, 2.75) is 46.3 Å². The topological polar surface area (TPSA) is 56.0 Å². The molecule has 1 aromatic heterocycles. The number of nitrogens with zero attached hydrogens (tertiary/aromatic N) is 2. The van der Waals surface area contributed by atoms with Crippen molar-refractivity contribution >= 4 is 5.91 Å². The molecular weight excluding hydrogens is 206 g/mol. The number of hydrogen-bond acceptors (Lipinski definition) is 2. The normalized spacial score (nSPS) is 14.6. The molecule has 0 saturated carbocycles. The molecule has 1 amide bonds. The van der Waals surface area contributed by atoms with E-state index in [0.29, 0.717) is 6.54 Å². The summed E-state index contributed by atoms with van der Waals surface area (Å²) in [5.74, 6) is -0.104. The highest BCUT2D eigenvalue weighted by Gasteiger charge is 2.18. The van der Waals surface area contributed by atoms with Crippen LogP contribution in [-0.4, -0.2) is 15.3 Å². The molecule has 5 nitrogen and oxygen atoms in total. The molecule has 1 aliphatic rings. The lowest BCUT2D eigenvalue weighted by atomic mass is 10.2. The number of fused-ring (bicyclic) bond motifs is 1. The molecule has 0 bridgehead atoms. The summed E-state index contributed by atoms with van der Waals surface area (Å²) in [4.78, 5) is 22.9. The molecule has 0 saturated heterocycles. The highest BCUT2D eigenvalue weighted by atomic mass is 16.1. The summed E-state index contributed by atoms with van der Waals surface area (Å²) in [6.45, 7) is 5.44. The number of carbonyl (C=O) groups is 1. The largest absolute Gasteiger partial charge is 0.352 e. The van der Waals surface area contributed by atoms with Crippen LogP contribution in [-0.2, 0) is 24.4 Å². The Bertz CT molecular complexity index is 470. The second-order valence-corrected chi connectivity index (χ2v) is 4.23. The zero-order chi connectivity index (χ0) is 11.7. The molecule has 2 rings (SSSR count). The highest BCUT2D eigenvalue weighted by Crippen LogP contribution is 2.12. The van der Waals surface area contributed by atoms with Crippen LogP contribution >= 0.6 is 0 Å². The Morgan fingerprint density at radius 3 is 2.50 bits per heavy atom. The monoisotopic (exact) mass is 223 g/mol. The molecular formula is C11H17N3O2. The SMILES string of the molecule is CC(=O)NCc1c(C)n2n(c1=O)CCCC2. The fourth-order valence-electron chi connectivity index (χ4n) is 2.21. The van der Waals surface area contributed by atoms with E-state index in [4.69, 9.17) is 0 Å². The maximum absolute atomic E-state index is 12.0. The van der Waals surface area contributed by atoms with Crippen LogP contribution in [0, 0.1) is 6.92 Å². The van der Waals surface area contributed by atoms with Gasteiger partial charge in [-0.1, -0.05) is 0 Å². The van der Waals surface area contributed by atoms with Crippen LogP contribution in [0.4, 0.5) is 0 Å². The van der Waals surface area contributed by atoms with Gasteiger partial charge in [0.25, 0.3) is 5.56 Å². The van der Waals surface area contributed by atoms with Crippen LogP contribution < -0.4 is 10.9 Å². The van der Waals surface area contributed by atoms with E-state index in [2.05, 4.69) is 5.32 Å². The summed E-state index contributed by atoms with van der Waals surface area (Å²) in [7, 11) is 0. The van der Waals surface area contributed by atoms with E-state index in [1.807, 2.05) is 11.6 Å². The molecule has 0 unspecified atom stereocenters. The van der Waals surface area contributed by atoms with Gasteiger partial charge >= 0.3 is 0 Å². The minimum Gasteiger partial charge on any atom is -0.352 e. The molecule has 1 aromatic rings. The third-order valence-corrected chi connectivity index (χ3v) is 3.11. The third kappa shape index (κ3) is 1.77. The molecule has 5 heteroatoms. The fourth-order valence-corrected chi connectivity index (χ4v) is 2.21. The molecule has 16 heavy (non-hydrogen) atoms. The van der Waals surface area contributed by atoms with Gasteiger partial charge in [0.15, 0.2) is 0 Å². The van der Waals surface area contributed by atoms with Crippen molar-refractivity contribution in [3.8, 4) is 0 Å². The summed E-state index contributed by atoms with van der Waals surface area (Å²) >= 11 is 0. The second kappa shape index (κ2) is 4.15. The summed E-state index contributed by atoms with van der Waals surface area (Å²) in [5.41, 5.74) is 1.75. The summed E-state index contributed by atoms with van der Waals surface area (Å²) < 4.78 is 3.82. The predicted molar refractivity (Wildman–Crippen MR) is 60.2 cm³/mol. The van der Waals surface area contributed by atoms with Crippen LogP contribution in [0.25, 0.3) is 0 Å². The quantitative estimate of drug-likeness (QED) is 0.788. The van der Waals surface area contributed by atoms with Crippen LogP contribution in [0.15, 0.2) is 4.79 Å². The molecule has 1 aliphatic heterocycles. The van der Waals surface area contributed by atoms with Crippen molar-refractivity contribution in [3.63, 3.8) is 0 Å². The molecule has 0 fully saturated rings. The Balaban J connectivity index is 2.35. The van der Waals surface area contributed by atoms with E-state index in [9.17, 15) is 9.59 Å². The molecule has 0 aromatic carbocycles. The van der Waals surface area contributed by atoms with Crippen molar-refractivity contribution in [1.82, 2.24) is 14.7 Å². The first kappa shape index (κ1) is 11.0. The van der Waals surface area contributed by atoms with Crippen LogP contribution in [0.5, 0.6) is 0 Å². The average molecular weight is 223 g/mol. The predicted octanol–water partition coefficient (Wildman–Crippen LogP) is 0.388. The van der Waals surface area contributed by atoms with E-state index >= 15 is 0 Å². The van der Waals surface area contributed by atoms with Crippen molar-refractivity contribution in [1.29, 1.82) is 0 Å². The van der Waals surface area contributed by atoms with Crippen molar-refractivity contribution in [2.75, 3.05) is 0 Å². The molecule has 0 spiro atoms. The van der Waals surface area contributed by atoms with E-state index in [-0.39, 0.29) is 11.5 Å². The lowest BCUT2D eigenvalue weighted by Crippen LogP contribution is -2.29. The maximum Gasteiger partial charge on any atom is 0.271 e. The second-order valence-electron chi connectivity index (χ2n) is 4.23. The van der Waals surface area contributed by atoms with E-state index in [1.165, 1.54) is 6.92 Å². The standard InChI is InChI=1S/C11H17N3O2/c1-8-10(7-12-9(2)15)11(16)14-6-4-3-5-13(8)14/h3-7H2,1-2H3,(H,12,15). The maximum atomic E-state index is 12.0. The third-order valence-electron chi connectivity index (χ3n) is 3.11. The zero-order valence-electron chi connectivity index (χ0n) is 9.75. The first-order valence-electron chi connectivity index (χ1n) is 5.65. The first-order valence-corrected chi connectivity index (χ1v) is 5.65. The Labute approximate surface area is 94.0 Å². The lowest BCUT2D eigenvalue weighted by Gasteiger charge is -2.18. The molecule has 0 aliphatic carbocycles. The van der Waals surface area contributed by atoms with Gasteiger partial charge in [-0.25, -0.2) is 0 Å². The van der Waals surface area contributed by atoms with E-state index in [1.54, 1.807) is 4.68 Å². The number of rotatable bonds is 2. The van der Waals surface area contributed by atoms with Crippen molar-refractivity contribution in [3.05, 3.63) is 21.6 Å². The lowest BCUT2D eigenvalue weighted by molar-refractivity contribution is -0.119. The molecule has 88 valence electrons. The minimum absolute atomic E-state index is 0.0472. The van der Waals surface area contributed by atoms with Gasteiger partial charge in [-0.05, 0) is 19.8 Å². The Morgan fingerprint density at radius 2 is 1.94 bits per heavy atom. The minimum atomic E-state index is -0.104. The van der Waals surface area contributed by atoms with E-state index < -0.39 is 0 Å². The number of hydrogen-bond donors (Lipinski definition) is 1. The van der Waals surface area contributed by atoms with Gasteiger partial charge in [0.1, 0.15) is 0 Å². The molecule has 1 N–H and O–H groups in total. The summed E-state index contributed by atoms with van der Waals surface area (Å²) in [5, 5.41) is 2.69. The van der Waals surface area contributed by atoms with Crippen molar-refractivity contribution in [2.24, 2.45) is 0 Å². The van der Waals surface area contributed by atoms with Crippen molar-refractivity contribution < 1.29 is 4.79 Å². The smallest absolute Gasteiger partial charge is 0.271 e. The number of aromatic nitrogens is 2. The highest BCUT2D eigenvalue weighted by molar-refractivity contribution is 5.72. The van der Waals surface area contributed by atoms with E-state index in [0.717, 1.165) is 37.2 Å². The molecule has 0 atom stereocenters. The Morgan fingerprint density at radius 1 is 1.31 bits per heavy atom. The van der Waals surface area contributed by atoms with Crippen LogP contribution in [0.3, 0.4) is 0 Å². The van der Waals surface area contributed by atoms with Gasteiger partial charge < -0.3 is 5.32 Å². The average Bonchev–Trinajstić information content (AvgIpc) is 2.50. The zero-order valence-corrected chi connectivity index (χ0v) is 9.75. The van der Waals surface area contributed by atoms with Gasteiger partial charge in [-0.15, -0.1) is 0 Å². The summed E-state index contributed by atoms with van der Waals surface area (Å²) in [6, 6.07) is 0. The van der Waals surface area contributed by atoms with Crippen LogP contribution in [0.1, 0.15) is 31.0 Å². The number of nitrogens with one attached hydrogen (secondary N) is 1.